The highest BCUT2D eigenvalue weighted by atomic mass is 35.5. The predicted molar refractivity (Wildman–Crippen MR) is 87.8 cm³/mol. The number of hydrogen-bond donors (Lipinski definition) is 2. The number of rotatable bonds is 3. The molecule has 1 aromatic carbocycles. The summed E-state index contributed by atoms with van der Waals surface area (Å²) in [6, 6.07) is 11.1. The summed E-state index contributed by atoms with van der Waals surface area (Å²) in [5, 5.41) is 6.74. The second kappa shape index (κ2) is 6.80. The van der Waals surface area contributed by atoms with Crippen molar-refractivity contribution in [1.82, 2.24) is 10.6 Å². The number of piperidine rings is 1. The van der Waals surface area contributed by atoms with Gasteiger partial charge in [-0.15, -0.1) is 12.4 Å². The fourth-order valence-corrected chi connectivity index (χ4v) is 3.52. The molecule has 3 nitrogen and oxygen atoms in total. The lowest BCUT2D eigenvalue weighted by Crippen LogP contribution is -2.54. The number of halogens is 1. The third-order valence-electron chi connectivity index (χ3n) is 4.93. The van der Waals surface area contributed by atoms with Crippen molar-refractivity contribution in [1.29, 1.82) is 0 Å². The Morgan fingerprint density at radius 1 is 1.29 bits per heavy atom. The number of carbonyl (C=O) groups excluding carboxylic acids is 1. The summed E-state index contributed by atoms with van der Waals surface area (Å²) in [7, 11) is 0. The van der Waals surface area contributed by atoms with E-state index in [1.54, 1.807) is 0 Å². The first-order valence-electron chi connectivity index (χ1n) is 7.80. The van der Waals surface area contributed by atoms with Gasteiger partial charge in [-0.1, -0.05) is 36.8 Å². The van der Waals surface area contributed by atoms with E-state index in [0.717, 1.165) is 38.6 Å². The molecule has 1 aromatic rings. The van der Waals surface area contributed by atoms with Crippen molar-refractivity contribution in [3.05, 3.63) is 35.9 Å². The van der Waals surface area contributed by atoms with Crippen LogP contribution in [-0.4, -0.2) is 24.5 Å². The Hall–Kier alpha value is -1.06. The van der Waals surface area contributed by atoms with Crippen molar-refractivity contribution >= 4 is 18.3 Å². The van der Waals surface area contributed by atoms with Crippen LogP contribution in [0.2, 0.25) is 0 Å². The average Bonchev–Trinajstić information content (AvgIpc) is 2.38. The summed E-state index contributed by atoms with van der Waals surface area (Å²) in [5.41, 5.74) is 0.931. The molecule has 0 bridgehead atoms. The van der Waals surface area contributed by atoms with Gasteiger partial charge in [-0.05, 0) is 44.7 Å². The molecule has 1 saturated heterocycles. The van der Waals surface area contributed by atoms with Crippen LogP contribution in [0.5, 0.6) is 0 Å². The van der Waals surface area contributed by atoms with Crippen LogP contribution in [0, 0.1) is 0 Å². The number of hydrogen-bond acceptors (Lipinski definition) is 2. The molecule has 1 heterocycles. The first kappa shape index (κ1) is 16.3. The van der Waals surface area contributed by atoms with Gasteiger partial charge in [0.1, 0.15) is 0 Å². The molecule has 2 N–H and O–H groups in total. The Balaban J connectivity index is 0.00000161. The van der Waals surface area contributed by atoms with Crippen molar-refractivity contribution < 1.29 is 4.79 Å². The largest absolute Gasteiger partial charge is 0.352 e. The van der Waals surface area contributed by atoms with Gasteiger partial charge in [-0.3, -0.25) is 4.79 Å². The maximum Gasteiger partial charge on any atom is 0.230 e. The lowest BCUT2D eigenvalue weighted by atomic mass is 9.63. The van der Waals surface area contributed by atoms with E-state index in [9.17, 15) is 4.79 Å². The monoisotopic (exact) mass is 308 g/mol. The summed E-state index contributed by atoms with van der Waals surface area (Å²) < 4.78 is 0. The van der Waals surface area contributed by atoms with Crippen molar-refractivity contribution in [2.45, 2.75) is 56.5 Å². The normalized spacial score (nSPS) is 27.1. The van der Waals surface area contributed by atoms with E-state index in [0.29, 0.717) is 12.1 Å². The summed E-state index contributed by atoms with van der Waals surface area (Å²) >= 11 is 0. The van der Waals surface area contributed by atoms with E-state index in [1.165, 1.54) is 5.56 Å². The molecule has 2 unspecified atom stereocenters. The SMILES string of the molecule is CC1CC(NC(=O)C2(c3ccccc3)CCC2)CCN1.Cl. The summed E-state index contributed by atoms with van der Waals surface area (Å²) in [5.74, 6) is 0.244. The van der Waals surface area contributed by atoms with Crippen LogP contribution in [0.1, 0.15) is 44.6 Å². The molecule has 116 valence electrons. The molecule has 0 aromatic heterocycles. The quantitative estimate of drug-likeness (QED) is 0.901. The van der Waals surface area contributed by atoms with E-state index in [2.05, 4.69) is 29.7 Å². The average molecular weight is 309 g/mol. The molecule has 21 heavy (non-hydrogen) atoms. The first-order valence-corrected chi connectivity index (χ1v) is 7.80. The fourth-order valence-electron chi connectivity index (χ4n) is 3.52. The van der Waals surface area contributed by atoms with Crippen LogP contribution in [-0.2, 0) is 10.2 Å². The van der Waals surface area contributed by atoms with Crippen LogP contribution in [0.3, 0.4) is 0 Å². The van der Waals surface area contributed by atoms with Crippen LogP contribution in [0.15, 0.2) is 30.3 Å². The zero-order chi connectivity index (χ0) is 14.0. The molecule has 0 spiro atoms. The molecule has 2 fully saturated rings. The van der Waals surface area contributed by atoms with E-state index in [1.807, 2.05) is 18.2 Å². The molecule has 1 amide bonds. The van der Waals surface area contributed by atoms with E-state index in [-0.39, 0.29) is 23.7 Å². The fraction of sp³-hybridized carbons (Fsp3) is 0.588. The number of benzene rings is 1. The second-order valence-corrected chi connectivity index (χ2v) is 6.35. The molecule has 3 rings (SSSR count). The Labute approximate surface area is 133 Å². The lowest BCUT2D eigenvalue weighted by molar-refractivity contribution is -0.130. The molecule has 1 saturated carbocycles. The maximum atomic E-state index is 12.8. The van der Waals surface area contributed by atoms with Gasteiger partial charge in [0.2, 0.25) is 5.91 Å². The van der Waals surface area contributed by atoms with Gasteiger partial charge in [0.15, 0.2) is 0 Å². The van der Waals surface area contributed by atoms with E-state index in [4.69, 9.17) is 0 Å². The van der Waals surface area contributed by atoms with Crippen molar-refractivity contribution in [3.8, 4) is 0 Å². The Morgan fingerprint density at radius 3 is 2.57 bits per heavy atom. The number of nitrogens with one attached hydrogen (secondary N) is 2. The molecular weight excluding hydrogens is 284 g/mol. The molecule has 1 aliphatic heterocycles. The van der Waals surface area contributed by atoms with Gasteiger partial charge in [-0.25, -0.2) is 0 Å². The van der Waals surface area contributed by atoms with Gasteiger partial charge in [0, 0.05) is 12.1 Å². The third-order valence-corrected chi connectivity index (χ3v) is 4.93. The second-order valence-electron chi connectivity index (χ2n) is 6.35. The minimum absolute atomic E-state index is 0. The summed E-state index contributed by atoms with van der Waals surface area (Å²) in [6.45, 7) is 3.19. The highest BCUT2D eigenvalue weighted by Gasteiger charge is 2.46. The highest BCUT2D eigenvalue weighted by Crippen LogP contribution is 2.44. The lowest BCUT2D eigenvalue weighted by Gasteiger charge is -2.42. The summed E-state index contributed by atoms with van der Waals surface area (Å²) in [4.78, 5) is 12.8. The van der Waals surface area contributed by atoms with Gasteiger partial charge in [0.25, 0.3) is 0 Å². The third kappa shape index (κ3) is 3.24. The van der Waals surface area contributed by atoms with Crippen LogP contribution in [0.25, 0.3) is 0 Å². The Kier molecular flexibility index (Phi) is 5.28. The van der Waals surface area contributed by atoms with Crippen molar-refractivity contribution in [3.63, 3.8) is 0 Å². The predicted octanol–water partition coefficient (Wildman–Crippen LogP) is 2.79. The topological polar surface area (TPSA) is 41.1 Å². The van der Waals surface area contributed by atoms with Crippen LogP contribution in [0.4, 0.5) is 0 Å². The van der Waals surface area contributed by atoms with Crippen molar-refractivity contribution in [2.75, 3.05) is 6.54 Å². The van der Waals surface area contributed by atoms with Gasteiger partial charge in [0.05, 0.1) is 5.41 Å². The zero-order valence-corrected chi connectivity index (χ0v) is 13.4. The molecule has 4 heteroatoms. The van der Waals surface area contributed by atoms with Crippen LogP contribution < -0.4 is 10.6 Å². The molecule has 2 aliphatic rings. The summed E-state index contributed by atoms with van der Waals surface area (Å²) in [6.07, 6.45) is 5.22. The van der Waals surface area contributed by atoms with Crippen molar-refractivity contribution in [2.24, 2.45) is 0 Å². The van der Waals surface area contributed by atoms with Gasteiger partial charge >= 0.3 is 0 Å². The number of carbonyl (C=O) groups is 1. The minimum Gasteiger partial charge on any atom is -0.352 e. The molecule has 0 radical (unpaired) electrons. The molecular formula is C17H25ClN2O. The molecule has 2 atom stereocenters. The highest BCUT2D eigenvalue weighted by molar-refractivity contribution is 5.89. The molecule has 1 aliphatic carbocycles. The van der Waals surface area contributed by atoms with E-state index >= 15 is 0 Å². The first-order chi connectivity index (χ1) is 9.71. The van der Waals surface area contributed by atoms with Gasteiger partial charge < -0.3 is 10.6 Å². The maximum absolute atomic E-state index is 12.8. The standard InChI is InChI=1S/C17H24N2O.ClH/c1-13-12-15(8-11-18-13)19-16(20)17(9-5-10-17)14-6-3-2-4-7-14;/h2-4,6-7,13,15,18H,5,8-12H2,1H3,(H,19,20);1H. The van der Waals surface area contributed by atoms with Gasteiger partial charge in [-0.2, -0.15) is 0 Å². The zero-order valence-electron chi connectivity index (χ0n) is 12.6. The Morgan fingerprint density at radius 2 is 2.00 bits per heavy atom. The minimum atomic E-state index is -0.255. The smallest absolute Gasteiger partial charge is 0.230 e. The van der Waals surface area contributed by atoms with E-state index < -0.39 is 0 Å². The van der Waals surface area contributed by atoms with Crippen LogP contribution >= 0.6 is 12.4 Å². The number of amides is 1. The Bertz CT molecular complexity index is 473.